The zero-order valence-electron chi connectivity index (χ0n) is 12.6. The number of hydrogen-bond acceptors (Lipinski definition) is 5. The van der Waals surface area contributed by atoms with Crippen molar-refractivity contribution in [2.24, 2.45) is 7.05 Å². The predicted molar refractivity (Wildman–Crippen MR) is 79.3 cm³/mol. The average molecular weight is 289 g/mol. The molecule has 1 aromatic heterocycles. The molecule has 0 aliphatic heterocycles. The summed E-state index contributed by atoms with van der Waals surface area (Å²) in [6.07, 6.45) is 1.81. The second-order valence-electron chi connectivity index (χ2n) is 4.68. The molecule has 112 valence electrons. The molecule has 2 rings (SSSR count). The highest BCUT2D eigenvalue weighted by Gasteiger charge is 2.25. The molecule has 0 amide bonds. The van der Waals surface area contributed by atoms with Gasteiger partial charge in [-0.15, -0.1) is 0 Å². The number of nitrogens with zero attached hydrogens (tertiary/aromatic N) is 2. The first kappa shape index (κ1) is 14.9. The van der Waals surface area contributed by atoms with E-state index in [1.54, 1.807) is 11.8 Å². The maximum Gasteiger partial charge on any atom is 0.333 e. The normalized spacial score (nSPS) is 11.8. The lowest BCUT2D eigenvalue weighted by Crippen LogP contribution is -2.22. The molecule has 1 heterocycles. The van der Waals surface area contributed by atoms with E-state index in [1.807, 2.05) is 44.4 Å². The van der Waals surface area contributed by atoms with Crippen LogP contribution in [0.4, 0.5) is 5.69 Å². The van der Waals surface area contributed by atoms with E-state index >= 15 is 0 Å². The standard InChI is InChI=1S/C15H19N3O3/c1-10-13(9-18(2)17-10)14(15(19)21-4)16-11-6-5-7-12(8-11)20-3/h5-9,14,16H,1-4H3. The highest BCUT2D eigenvalue weighted by molar-refractivity contribution is 5.81. The van der Waals surface area contributed by atoms with E-state index in [0.29, 0.717) is 5.75 Å². The zero-order valence-corrected chi connectivity index (χ0v) is 12.6. The first-order valence-corrected chi connectivity index (χ1v) is 6.53. The van der Waals surface area contributed by atoms with E-state index in [2.05, 4.69) is 10.4 Å². The van der Waals surface area contributed by atoms with E-state index in [4.69, 9.17) is 9.47 Å². The minimum atomic E-state index is -0.615. The molecule has 21 heavy (non-hydrogen) atoms. The number of hydrogen-bond donors (Lipinski definition) is 1. The maximum absolute atomic E-state index is 12.1. The van der Waals surface area contributed by atoms with Gasteiger partial charge in [-0.1, -0.05) is 6.07 Å². The van der Waals surface area contributed by atoms with Gasteiger partial charge in [0.15, 0.2) is 6.04 Å². The molecule has 0 saturated carbocycles. The Kier molecular flexibility index (Phi) is 4.47. The summed E-state index contributed by atoms with van der Waals surface area (Å²) < 4.78 is 11.7. The SMILES string of the molecule is COC(=O)C(Nc1cccc(OC)c1)c1cn(C)nc1C. The average Bonchev–Trinajstić information content (AvgIpc) is 2.82. The lowest BCUT2D eigenvalue weighted by atomic mass is 10.1. The van der Waals surface area contributed by atoms with Gasteiger partial charge in [0.25, 0.3) is 0 Å². The number of methoxy groups -OCH3 is 2. The Morgan fingerprint density at radius 2 is 2.14 bits per heavy atom. The highest BCUT2D eigenvalue weighted by Crippen LogP contribution is 2.25. The number of anilines is 1. The van der Waals surface area contributed by atoms with E-state index in [1.165, 1.54) is 7.11 Å². The molecule has 1 unspecified atom stereocenters. The van der Waals surface area contributed by atoms with Crippen molar-refractivity contribution in [3.63, 3.8) is 0 Å². The Bertz CT molecular complexity index is 637. The number of carbonyl (C=O) groups excluding carboxylic acids is 1. The largest absolute Gasteiger partial charge is 0.497 e. The summed E-state index contributed by atoms with van der Waals surface area (Å²) >= 11 is 0. The molecule has 1 N–H and O–H groups in total. The third-order valence-corrected chi connectivity index (χ3v) is 3.18. The van der Waals surface area contributed by atoms with Crippen molar-refractivity contribution < 1.29 is 14.3 Å². The number of nitrogens with one attached hydrogen (secondary N) is 1. The summed E-state index contributed by atoms with van der Waals surface area (Å²) in [5, 5.41) is 7.44. The van der Waals surface area contributed by atoms with Gasteiger partial charge >= 0.3 is 5.97 Å². The van der Waals surface area contributed by atoms with Gasteiger partial charge in [0.1, 0.15) is 5.75 Å². The number of benzene rings is 1. The smallest absolute Gasteiger partial charge is 0.333 e. The molecule has 0 radical (unpaired) electrons. The van der Waals surface area contributed by atoms with Crippen LogP contribution in [-0.4, -0.2) is 30.0 Å². The van der Waals surface area contributed by atoms with E-state index in [0.717, 1.165) is 16.9 Å². The Morgan fingerprint density at radius 1 is 1.38 bits per heavy atom. The molecule has 0 bridgehead atoms. The Morgan fingerprint density at radius 3 is 2.71 bits per heavy atom. The van der Waals surface area contributed by atoms with Crippen LogP contribution in [0, 0.1) is 6.92 Å². The molecule has 1 atom stereocenters. The Balaban J connectivity index is 2.32. The van der Waals surface area contributed by atoms with Crippen molar-refractivity contribution in [3.8, 4) is 5.75 Å². The van der Waals surface area contributed by atoms with Gasteiger partial charge < -0.3 is 14.8 Å². The van der Waals surface area contributed by atoms with Crippen LogP contribution in [0.15, 0.2) is 30.5 Å². The lowest BCUT2D eigenvalue weighted by Gasteiger charge is -2.17. The van der Waals surface area contributed by atoms with Crippen molar-refractivity contribution in [2.75, 3.05) is 19.5 Å². The minimum Gasteiger partial charge on any atom is -0.497 e. The fourth-order valence-electron chi connectivity index (χ4n) is 2.16. The number of rotatable bonds is 5. The molecular weight excluding hydrogens is 270 g/mol. The van der Waals surface area contributed by atoms with Crippen molar-refractivity contribution in [2.45, 2.75) is 13.0 Å². The molecule has 0 fully saturated rings. The number of esters is 1. The molecule has 1 aromatic carbocycles. The first-order valence-electron chi connectivity index (χ1n) is 6.53. The van der Waals surface area contributed by atoms with Gasteiger partial charge in [0.05, 0.1) is 19.9 Å². The van der Waals surface area contributed by atoms with Gasteiger partial charge in [-0.2, -0.15) is 5.10 Å². The van der Waals surface area contributed by atoms with Crippen LogP contribution in [0.1, 0.15) is 17.3 Å². The van der Waals surface area contributed by atoms with Gasteiger partial charge in [0.2, 0.25) is 0 Å². The van der Waals surface area contributed by atoms with Gasteiger partial charge in [0, 0.05) is 30.6 Å². The summed E-state index contributed by atoms with van der Waals surface area (Å²) in [6.45, 7) is 1.86. The van der Waals surface area contributed by atoms with Crippen molar-refractivity contribution in [3.05, 3.63) is 41.7 Å². The van der Waals surface area contributed by atoms with Gasteiger partial charge in [-0.25, -0.2) is 4.79 Å². The maximum atomic E-state index is 12.1. The fraction of sp³-hybridized carbons (Fsp3) is 0.333. The third kappa shape index (κ3) is 3.34. The molecular formula is C15H19N3O3. The molecule has 0 saturated heterocycles. The van der Waals surface area contributed by atoms with E-state index < -0.39 is 6.04 Å². The summed E-state index contributed by atoms with van der Waals surface area (Å²) in [5.74, 6) is 0.348. The molecule has 6 heteroatoms. The molecule has 6 nitrogen and oxygen atoms in total. The Hall–Kier alpha value is -2.50. The zero-order chi connectivity index (χ0) is 15.4. The van der Waals surface area contributed by atoms with Crippen molar-refractivity contribution >= 4 is 11.7 Å². The van der Waals surface area contributed by atoms with Crippen LogP contribution in [0.2, 0.25) is 0 Å². The number of aromatic nitrogens is 2. The van der Waals surface area contributed by atoms with E-state index in [9.17, 15) is 4.79 Å². The number of aryl methyl sites for hydroxylation is 2. The summed E-state index contributed by atoms with van der Waals surface area (Å²) in [7, 11) is 4.78. The predicted octanol–water partition coefficient (Wildman–Crippen LogP) is 2.06. The van der Waals surface area contributed by atoms with Crippen LogP contribution in [-0.2, 0) is 16.6 Å². The molecule has 0 aliphatic carbocycles. The van der Waals surface area contributed by atoms with Crippen molar-refractivity contribution in [1.29, 1.82) is 0 Å². The van der Waals surface area contributed by atoms with Crippen LogP contribution >= 0.6 is 0 Å². The quantitative estimate of drug-likeness (QED) is 0.854. The van der Waals surface area contributed by atoms with E-state index in [-0.39, 0.29) is 5.97 Å². The molecule has 2 aromatic rings. The number of carbonyl (C=O) groups is 1. The van der Waals surface area contributed by atoms with Crippen LogP contribution in [0.25, 0.3) is 0 Å². The third-order valence-electron chi connectivity index (χ3n) is 3.18. The highest BCUT2D eigenvalue weighted by atomic mass is 16.5. The van der Waals surface area contributed by atoms with Crippen LogP contribution in [0.5, 0.6) is 5.75 Å². The second-order valence-corrected chi connectivity index (χ2v) is 4.68. The summed E-state index contributed by atoms with van der Waals surface area (Å²) in [4.78, 5) is 12.1. The first-order chi connectivity index (χ1) is 10.0. The Labute approximate surface area is 123 Å². The monoisotopic (exact) mass is 289 g/mol. The summed E-state index contributed by atoms with van der Waals surface area (Å²) in [5.41, 5.74) is 2.34. The second kappa shape index (κ2) is 6.30. The van der Waals surface area contributed by atoms with Crippen LogP contribution in [0.3, 0.4) is 0 Å². The summed E-state index contributed by atoms with van der Waals surface area (Å²) in [6, 6.07) is 6.77. The minimum absolute atomic E-state index is 0.367. The van der Waals surface area contributed by atoms with Crippen molar-refractivity contribution in [1.82, 2.24) is 9.78 Å². The number of ether oxygens (including phenoxy) is 2. The molecule has 0 spiro atoms. The van der Waals surface area contributed by atoms with Crippen LogP contribution < -0.4 is 10.1 Å². The molecule has 0 aliphatic rings. The van der Waals surface area contributed by atoms with Gasteiger partial charge in [-0.05, 0) is 19.1 Å². The topological polar surface area (TPSA) is 65.4 Å². The fourth-order valence-corrected chi connectivity index (χ4v) is 2.16. The lowest BCUT2D eigenvalue weighted by molar-refractivity contribution is -0.141. The van der Waals surface area contributed by atoms with Gasteiger partial charge in [-0.3, -0.25) is 4.68 Å².